The van der Waals surface area contributed by atoms with E-state index in [1.54, 1.807) is 13.8 Å². The Kier molecular flexibility index (Phi) is 6.15. The third kappa shape index (κ3) is 6.12. The van der Waals surface area contributed by atoms with Gasteiger partial charge in [-0.15, -0.1) is 0 Å². The zero-order valence-electron chi connectivity index (χ0n) is 13.8. The fourth-order valence-electron chi connectivity index (χ4n) is 1.68. The van der Waals surface area contributed by atoms with E-state index in [-0.39, 0.29) is 11.5 Å². The molecule has 1 aromatic heterocycles. The quantitative estimate of drug-likeness (QED) is 0.817. The molecule has 0 spiro atoms. The van der Waals surface area contributed by atoms with Crippen LogP contribution in [0.1, 0.15) is 46.0 Å². The normalized spacial score (nSPS) is 12.9. The van der Waals surface area contributed by atoms with Gasteiger partial charge in [-0.25, -0.2) is 4.79 Å². The van der Waals surface area contributed by atoms with Gasteiger partial charge in [0.05, 0.1) is 12.3 Å². The zero-order valence-corrected chi connectivity index (χ0v) is 13.8. The minimum Gasteiger partial charge on any atom is -0.477 e. The van der Waals surface area contributed by atoms with E-state index in [1.165, 1.54) is 0 Å². The van der Waals surface area contributed by atoms with Crippen LogP contribution in [0.3, 0.4) is 0 Å². The van der Waals surface area contributed by atoms with Crippen LogP contribution in [-0.2, 0) is 16.1 Å². The third-order valence-corrected chi connectivity index (χ3v) is 2.78. The molecule has 1 aromatic rings. The molecule has 0 aliphatic rings. The van der Waals surface area contributed by atoms with Gasteiger partial charge in [0.15, 0.2) is 6.10 Å². The smallest absolute Gasteiger partial charge is 0.347 e. The Hall–Kier alpha value is -1.62. The van der Waals surface area contributed by atoms with Gasteiger partial charge in [-0.3, -0.25) is 4.98 Å². The van der Waals surface area contributed by atoms with Crippen molar-refractivity contribution in [2.24, 2.45) is 0 Å². The summed E-state index contributed by atoms with van der Waals surface area (Å²) in [5.74, 6) is 0.241. The first-order valence-electron chi connectivity index (χ1n) is 7.27. The van der Waals surface area contributed by atoms with Crippen molar-refractivity contribution in [3.05, 3.63) is 23.5 Å². The number of aryl methyl sites for hydroxylation is 1. The van der Waals surface area contributed by atoms with Crippen molar-refractivity contribution in [2.75, 3.05) is 6.61 Å². The number of hydrogen-bond donors (Lipinski definition) is 1. The van der Waals surface area contributed by atoms with Gasteiger partial charge in [0, 0.05) is 17.8 Å². The fourth-order valence-corrected chi connectivity index (χ4v) is 1.68. The molecule has 0 amide bonds. The van der Waals surface area contributed by atoms with Gasteiger partial charge in [-0.05, 0) is 53.7 Å². The molecule has 0 bridgehead atoms. The summed E-state index contributed by atoms with van der Waals surface area (Å²) in [5, 5.41) is 3.37. The van der Waals surface area contributed by atoms with Crippen LogP contribution >= 0.6 is 0 Å². The van der Waals surface area contributed by atoms with Gasteiger partial charge in [0.2, 0.25) is 0 Å². The lowest BCUT2D eigenvalue weighted by Crippen LogP contribution is -2.35. The van der Waals surface area contributed by atoms with Gasteiger partial charge < -0.3 is 14.8 Å². The highest BCUT2D eigenvalue weighted by atomic mass is 16.6. The first-order chi connectivity index (χ1) is 9.73. The fraction of sp³-hybridized carbons (Fsp3) is 0.625. The summed E-state index contributed by atoms with van der Waals surface area (Å²) in [6.07, 6.45) is -0.650. The molecule has 21 heavy (non-hydrogen) atoms. The lowest BCUT2D eigenvalue weighted by atomic mass is 10.1. The minimum atomic E-state index is -0.650. The van der Waals surface area contributed by atoms with E-state index in [0.29, 0.717) is 18.9 Å². The molecule has 1 rings (SSSR count). The molecule has 1 heterocycles. The Labute approximate surface area is 127 Å². The highest BCUT2D eigenvalue weighted by Crippen LogP contribution is 2.19. The highest BCUT2D eigenvalue weighted by Gasteiger charge is 2.19. The lowest BCUT2D eigenvalue weighted by Gasteiger charge is -2.22. The molecule has 0 fully saturated rings. The maximum absolute atomic E-state index is 11.7. The molecule has 0 radical (unpaired) electrons. The van der Waals surface area contributed by atoms with Crippen molar-refractivity contribution in [2.45, 2.75) is 59.7 Å². The molecule has 0 aromatic carbocycles. The number of rotatable bonds is 6. The van der Waals surface area contributed by atoms with Crippen LogP contribution in [0.15, 0.2) is 12.1 Å². The molecule has 1 atom stereocenters. The molecule has 5 heteroatoms. The topological polar surface area (TPSA) is 60.5 Å². The van der Waals surface area contributed by atoms with Crippen molar-refractivity contribution >= 4 is 5.97 Å². The van der Waals surface area contributed by atoms with Crippen LogP contribution in [0.5, 0.6) is 5.75 Å². The molecule has 0 saturated heterocycles. The summed E-state index contributed by atoms with van der Waals surface area (Å²) in [6, 6.07) is 3.71. The number of carbonyl (C=O) groups is 1. The van der Waals surface area contributed by atoms with Gasteiger partial charge in [0.1, 0.15) is 5.75 Å². The Morgan fingerprint density at radius 1 is 1.38 bits per heavy atom. The molecule has 1 unspecified atom stereocenters. The Morgan fingerprint density at radius 3 is 2.62 bits per heavy atom. The van der Waals surface area contributed by atoms with Crippen LogP contribution in [0.4, 0.5) is 0 Å². The number of ether oxygens (including phenoxy) is 2. The number of aromatic nitrogens is 1. The monoisotopic (exact) mass is 294 g/mol. The molecule has 0 aliphatic heterocycles. The highest BCUT2D eigenvalue weighted by molar-refractivity contribution is 5.74. The predicted molar refractivity (Wildman–Crippen MR) is 82.3 cm³/mol. The zero-order chi connectivity index (χ0) is 16.0. The maximum Gasteiger partial charge on any atom is 0.347 e. The number of esters is 1. The molecule has 5 nitrogen and oxygen atoms in total. The maximum atomic E-state index is 11.7. The van der Waals surface area contributed by atoms with E-state index in [9.17, 15) is 4.79 Å². The van der Waals surface area contributed by atoms with Crippen molar-refractivity contribution in [1.29, 1.82) is 0 Å². The SMILES string of the molecule is CCOC(=O)C(C)Oc1ccc(C)nc1CNC(C)(C)C. The van der Waals surface area contributed by atoms with Gasteiger partial charge in [-0.1, -0.05) is 0 Å². The summed E-state index contributed by atoms with van der Waals surface area (Å²) in [4.78, 5) is 16.2. The molecular weight excluding hydrogens is 268 g/mol. The van der Waals surface area contributed by atoms with Crippen LogP contribution in [0, 0.1) is 6.92 Å². The van der Waals surface area contributed by atoms with Crippen LogP contribution in [0.25, 0.3) is 0 Å². The molecule has 118 valence electrons. The molecule has 0 saturated carbocycles. The Balaban J connectivity index is 2.83. The van der Waals surface area contributed by atoms with E-state index in [2.05, 4.69) is 31.1 Å². The van der Waals surface area contributed by atoms with E-state index in [4.69, 9.17) is 9.47 Å². The summed E-state index contributed by atoms with van der Waals surface area (Å²) >= 11 is 0. The minimum absolute atomic E-state index is 0.0184. The van der Waals surface area contributed by atoms with Crippen LogP contribution in [-0.4, -0.2) is 29.2 Å². The summed E-state index contributed by atoms with van der Waals surface area (Å²) in [6.45, 7) is 12.6. The number of pyridine rings is 1. The molecule has 1 N–H and O–H groups in total. The summed E-state index contributed by atoms with van der Waals surface area (Å²) in [5.41, 5.74) is 1.69. The molecular formula is C16H26N2O3. The first-order valence-corrected chi connectivity index (χ1v) is 7.27. The number of nitrogens with one attached hydrogen (secondary N) is 1. The second-order valence-electron chi connectivity index (χ2n) is 6.01. The van der Waals surface area contributed by atoms with E-state index in [1.807, 2.05) is 19.1 Å². The first kappa shape index (κ1) is 17.4. The van der Waals surface area contributed by atoms with E-state index in [0.717, 1.165) is 11.4 Å². The van der Waals surface area contributed by atoms with E-state index >= 15 is 0 Å². The van der Waals surface area contributed by atoms with Crippen LogP contribution < -0.4 is 10.1 Å². The van der Waals surface area contributed by atoms with Crippen molar-refractivity contribution in [3.8, 4) is 5.75 Å². The number of carbonyl (C=O) groups excluding carboxylic acids is 1. The van der Waals surface area contributed by atoms with E-state index < -0.39 is 6.10 Å². The largest absolute Gasteiger partial charge is 0.477 e. The van der Waals surface area contributed by atoms with Crippen molar-refractivity contribution in [3.63, 3.8) is 0 Å². The average Bonchev–Trinajstić information content (AvgIpc) is 2.38. The lowest BCUT2D eigenvalue weighted by molar-refractivity contribution is -0.150. The predicted octanol–water partition coefficient (Wildman–Crippen LogP) is 2.61. The number of nitrogens with zero attached hydrogens (tertiary/aromatic N) is 1. The standard InChI is InChI=1S/C16H26N2O3/c1-7-20-15(19)12(3)21-14-9-8-11(2)18-13(14)10-17-16(4,5)6/h8-9,12,17H,7,10H2,1-6H3. The second kappa shape index (κ2) is 7.41. The average molecular weight is 294 g/mol. The van der Waals surface area contributed by atoms with Crippen molar-refractivity contribution in [1.82, 2.24) is 10.3 Å². The summed E-state index contributed by atoms with van der Waals surface area (Å²) in [7, 11) is 0. The van der Waals surface area contributed by atoms with Gasteiger partial charge in [0.25, 0.3) is 0 Å². The third-order valence-electron chi connectivity index (χ3n) is 2.78. The Morgan fingerprint density at radius 2 is 2.05 bits per heavy atom. The van der Waals surface area contributed by atoms with Crippen LogP contribution in [0.2, 0.25) is 0 Å². The second-order valence-corrected chi connectivity index (χ2v) is 6.01. The van der Waals surface area contributed by atoms with Gasteiger partial charge in [-0.2, -0.15) is 0 Å². The van der Waals surface area contributed by atoms with Gasteiger partial charge >= 0.3 is 5.97 Å². The Bertz CT molecular complexity index is 481. The van der Waals surface area contributed by atoms with Crippen molar-refractivity contribution < 1.29 is 14.3 Å². The molecule has 0 aliphatic carbocycles. The number of hydrogen-bond acceptors (Lipinski definition) is 5. The summed E-state index contributed by atoms with van der Waals surface area (Å²) < 4.78 is 10.7.